The van der Waals surface area contributed by atoms with Gasteiger partial charge in [-0.15, -0.1) is 0 Å². The van der Waals surface area contributed by atoms with Crippen molar-refractivity contribution >= 4 is 11.8 Å². The second kappa shape index (κ2) is 5.34. The van der Waals surface area contributed by atoms with Crippen LogP contribution in [-0.4, -0.2) is 4.98 Å². The van der Waals surface area contributed by atoms with Crippen LogP contribution in [0, 0.1) is 13.8 Å². The second-order valence-electron chi connectivity index (χ2n) is 4.02. The molecule has 0 aliphatic carbocycles. The van der Waals surface area contributed by atoms with E-state index in [1.807, 2.05) is 18.3 Å². The van der Waals surface area contributed by atoms with Crippen LogP contribution in [-0.2, 0) is 6.54 Å². The van der Waals surface area contributed by atoms with Gasteiger partial charge in [0.25, 0.3) is 0 Å². The molecule has 0 aliphatic rings. The molecule has 2 aromatic rings. The normalized spacial score (nSPS) is 10.5. The summed E-state index contributed by atoms with van der Waals surface area (Å²) < 4.78 is 0. The third-order valence-corrected chi connectivity index (χ3v) is 3.81. The Bertz CT molecular complexity index is 523. The van der Waals surface area contributed by atoms with E-state index in [4.69, 9.17) is 5.73 Å². The van der Waals surface area contributed by atoms with Gasteiger partial charge in [-0.1, -0.05) is 23.9 Å². The summed E-state index contributed by atoms with van der Waals surface area (Å²) in [6.45, 7) is 4.78. The lowest BCUT2D eigenvalue weighted by Gasteiger charge is -2.07. The quantitative estimate of drug-likeness (QED) is 0.900. The van der Waals surface area contributed by atoms with Gasteiger partial charge in [0.15, 0.2) is 0 Å². The molecular formula is C14H16N2S. The Morgan fingerprint density at radius 2 is 2.00 bits per heavy atom. The number of hydrogen-bond donors (Lipinski definition) is 1. The van der Waals surface area contributed by atoms with Crippen LogP contribution in [0.2, 0.25) is 0 Å². The molecule has 0 atom stereocenters. The molecule has 0 aliphatic heterocycles. The van der Waals surface area contributed by atoms with Gasteiger partial charge in [0, 0.05) is 17.6 Å². The van der Waals surface area contributed by atoms with Crippen molar-refractivity contribution in [2.24, 2.45) is 5.73 Å². The van der Waals surface area contributed by atoms with Gasteiger partial charge < -0.3 is 5.73 Å². The number of nitrogens with zero attached hydrogens (tertiary/aromatic N) is 1. The van der Waals surface area contributed by atoms with Crippen molar-refractivity contribution in [2.45, 2.75) is 30.3 Å². The van der Waals surface area contributed by atoms with Crippen LogP contribution in [0.25, 0.3) is 0 Å². The molecule has 0 saturated carbocycles. The van der Waals surface area contributed by atoms with Gasteiger partial charge in [0.1, 0.15) is 5.03 Å². The average molecular weight is 244 g/mol. The minimum atomic E-state index is 0.529. The summed E-state index contributed by atoms with van der Waals surface area (Å²) in [4.78, 5) is 5.59. The van der Waals surface area contributed by atoms with Crippen LogP contribution in [0.1, 0.15) is 16.7 Å². The largest absolute Gasteiger partial charge is 0.326 e. The summed E-state index contributed by atoms with van der Waals surface area (Å²) in [5.41, 5.74) is 9.42. The third kappa shape index (κ3) is 2.87. The van der Waals surface area contributed by atoms with Gasteiger partial charge in [-0.05, 0) is 48.7 Å². The fourth-order valence-electron chi connectivity index (χ4n) is 1.56. The molecule has 0 saturated heterocycles. The molecule has 0 spiro atoms. The van der Waals surface area contributed by atoms with Crippen molar-refractivity contribution in [3.05, 3.63) is 53.2 Å². The number of pyridine rings is 1. The van der Waals surface area contributed by atoms with Gasteiger partial charge >= 0.3 is 0 Å². The Morgan fingerprint density at radius 3 is 2.71 bits per heavy atom. The number of rotatable bonds is 3. The summed E-state index contributed by atoms with van der Waals surface area (Å²) in [6, 6.07) is 10.4. The Hall–Kier alpha value is -1.32. The van der Waals surface area contributed by atoms with Gasteiger partial charge in [-0.2, -0.15) is 0 Å². The van der Waals surface area contributed by atoms with E-state index in [-0.39, 0.29) is 0 Å². The number of hydrogen-bond acceptors (Lipinski definition) is 3. The molecule has 2 N–H and O–H groups in total. The van der Waals surface area contributed by atoms with E-state index in [1.54, 1.807) is 11.8 Å². The van der Waals surface area contributed by atoms with E-state index >= 15 is 0 Å². The van der Waals surface area contributed by atoms with Crippen molar-refractivity contribution in [3.63, 3.8) is 0 Å². The maximum atomic E-state index is 5.70. The summed E-state index contributed by atoms with van der Waals surface area (Å²) >= 11 is 1.67. The molecular weight excluding hydrogens is 228 g/mol. The first kappa shape index (κ1) is 12.1. The zero-order valence-electron chi connectivity index (χ0n) is 10.1. The molecule has 17 heavy (non-hydrogen) atoms. The van der Waals surface area contributed by atoms with E-state index < -0.39 is 0 Å². The van der Waals surface area contributed by atoms with E-state index in [2.05, 4.69) is 37.0 Å². The van der Waals surface area contributed by atoms with Crippen molar-refractivity contribution in [3.8, 4) is 0 Å². The highest BCUT2D eigenvalue weighted by Crippen LogP contribution is 2.29. The van der Waals surface area contributed by atoms with Crippen LogP contribution in [0.15, 0.2) is 46.5 Å². The lowest BCUT2D eigenvalue weighted by Crippen LogP contribution is -1.99. The zero-order valence-corrected chi connectivity index (χ0v) is 10.9. The smallest absolute Gasteiger partial charge is 0.105 e. The van der Waals surface area contributed by atoms with Crippen molar-refractivity contribution in [1.82, 2.24) is 4.98 Å². The molecule has 1 heterocycles. The standard InChI is InChI=1S/C14H16N2S/c1-10-5-6-13(8-11(10)2)17-14-12(9-15)4-3-7-16-14/h3-8H,9,15H2,1-2H3. The number of benzene rings is 1. The lowest BCUT2D eigenvalue weighted by molar-refractivity contribution is 0.963. The molecule has 0 fully saturated rings. The van der Waals surface area contributed by atoms with Crippen molar-refractivity contribution < 1.29 is 0 Å². The van der Waals surface area contributed by atoms with E-state index in [9.17, 15) is 0 Å². The van der Waals surface area contributed by atoms with Gasteiger partial charge in [-0.25, -0.2) is 4.98 Å². The molecule has 0 unspecified atom stereocenters. The third-order valence-electron chi connectivity index (χ3n) is 2.76. The monoisotopic (exact) mass is 244 g/mol. The fraction of sp³-hybridized carbons (Fsp3) is 0.214. The maximum Gasteiger partial charge on any atom is 0.105 e. The van der Waals surface area contributed by atoms with Crippen LogP contribution in [0.5, 0.6) is 0 Å². The Labute approximate surface area is 106 Å². The summed E-state index contributed by atoms with van der Waals surface area (Å²) in [5.74, 6) is 0. The van der Waals surface area contributed by atoms with E-state index in [1.165, 1.54) is 16.0 Å². The number of nitrogens with two attached hydrogens (primary N) is 1. The minimum Gasteiger partial charge on any atom is -0.326 e. The van der Waals surface area contributed by atoms with Gasteiger partial charge in [0.2, 0.25) is 0 Å². The first-order valence-electron chi connectivity index (χ1n) is 5.60. The SMILES string of the molecule is Cc1ccc(Sc2ncccc2CN)cc1C. The van der Waals surface area contributed by atoms with Crippen LogP contribution in [0.3, 0.4) is 0 Å². The molecule has 2 nitrogen and oxygen atoms in total. The van der Waals surface area contributed by atoms with Crippen LogP contribution in [0.4, 0.5) is 0 Å². The highest BCUT2D eigenvalue weighted by atomic mass is 32.2. The number of aryl methyl sites for hydroxylation is 2. The minimum absolute atomic E-state index is 0.529. The molecule has 3 heteroatoms. The van der Waals surface area contributed by atoms with Crippen molar-refractivity contribution in [2.75, 3.05) is 0 Å². The van der Waals surface area contributed by atoms with E-state index in [0.717, 1.165) is 10.6 Å². The first-order valence-corrected chi connectivity index (χ1v) is 6.41. The molecule has 0 radical (unpaired) electrons. The first-order chi connectivity index (χ1) is 8.20. The van der Waals surface area contributed by atoms with Crippen molar-refractivity contribution in [1.29, 1.82) is 0 Å². The highest BCUT2D eigenvalue weighted by molar-refractivity contribution is 7.99. The molecule has 88 valence electrons. The fourth-order valence-corrected chi connectivity index (χ4v) is 2.55. The summed E-state index contributed by atoms with van der Waals surface area (Å²) in [7, 11) is 0. The molecule has 0 amide bonds. The Balaban J connectivity index is 2.28. The highest BCUT2D eigenvalue weighted by Gasteiger charge is 2.04. The second-order valence-corrected chi connectivity index (χ2v) is 5.08. The van der Waals surface area contributed by atoms with Crippen LogP contribution >= 0.6 is 11.8 Å². The van der Waals surface area contributed by atoms with Crippen LogP contribution < -0.4 is 5.73 Å². The summed E-state index contributed by atoms with van der Waals surface area (Å²) in [6.07, 6.45) is 1.81. The maximum absolute atomic E-state index is 5.70. The predicted molar refractivity (Wildman–Crippen MR) is 72.2 cm³/mol. The topological polar surface area (TPSA) is 38.9 Å². The molecule has 2 rings (SSSR count). The molecule has 1 aromatic carbocycles. The molecule has 0 bridgehead atoms. The zero-order chi connectivity index (χ0) is 12.3. The molecule has 1 aromatic heterocycles. The lowest BCUT2D eigenvalue weighted by atomic mass is 10.1. The Morgan fingerprint density at radius 1 is 1.18 bits per heavy atom. The average Bonchev–Trinajstić information content (AvgIpc) is 2.34. The Kier molecular flexibility index (Phi) is 3.82. The predicted octanol–water partition coefficient (Wildman–Crippen LogP) is 3.31. The number of aromatic nitrogens is 1. The van der Waals surface area contributed by atoms with E-state index in [0.29, 0.717) is 6.54 Å². The van der Waals surface area contributed by atoms with Gasteiger partial charge in [-0.3, -0.25) is 0 Å². The van der Waals surface area contributed by atoms with Gasteiger partial charge in [0.05, 0.1) is 0 Å². The summed E-state index contributed by atoms with van der Waals surface area (Å²) in [5, 5.41) is 0.998.